The highest BCUT2D eigenvalue weighted by Gasteiger charge is 2.30. The molecule has 0 bridgehead atoms. The summed E-state index contributed by atoms with van der Waals surface area (Å²) in [7, 11) is -3.51. The number of carbonyl (C=O) groups excluding carboxylic acids is 1. The highest BCUT2D eigenvalue weighted by atomic mass is 32.2. The Morgan fingerprint density at radius 3 is 2.47 bits per heavy atom. The van der Waals surface area contributed by atoms with Crippen LogP contribution in [0.2, 0.25) is 0 Å². The first kappa shape index (κ1) is 21.0. The lowest BCUT2D eigenvalue weighted by molar-refractivity contribution is 0.0967. The lowest BCUT2D eigenvalue weighted by Crippen LogP contribution is -2.40. The number of rotatable bonds is 10. The zero-order chi connectivity index (χ0) is 21.0. The molecule has 1 atom stereocenters. The average Bonchev–Trinajstić information content (AvgIpc) is 3.52. The Kier molecular flexibility index (Phi) is 6.51. The molecule has 7 heteroatoms. The molecule has 2 fully saturated rings. The van der Waals surface area contributed by atoms with Gasteiger partial charge in [-0.15, -0.1) is 4.83 Å². The zero-order valence-corrected chi connectivity index (χ0v) is 17.8. The van der Waals surface area contributed by atoms with Crippen molar-refractivity contribution >= 4 is 15.8 Å². The molecule has 4 rings (SSSR count). The summed E-state index contributed by atoms with van der Waals surface area (Å²) in [5.41, 5.74) is 0.772. The van der Waals surface area contributed by atoms with Crippen LogP contribution in [0, 0.1) is 11.8 Å². The van der Waals surface area contributed by atoms with E-state index in [9.17, 15) is 13.2 Å². The third-order valence-corrected chi connectivity index (χ3v) is 7.09. The third kappa shape index (κ3) is 5.47. The van der Waals surface area contributed by atoms with Gasteiger partial charge in [-0.05, 0) is 74.4 Å². The lowest BCUT2D eigenvalue weighted by atomic mass is 10.0. The maximum absolute atomic E-state index is 12.4. The molecular weight excluding hydrogens is 400 g/mol. The summed E-state index contributed by atoms with van der Waals surface area (Å²) in [5, 5.41) is 1.80. The van der Waals surface area contributed by atoms with E-state index in [1.165, 1.54) is 0 Å². The highest BCUT2D eigenvalue weighted by molar-refractivity contribution is 7.89. The number of sulfonamides is 1. The topological polar surface area (TPSA) is 75.7 Å². The summed E-state index contributed by atoms with van der Waals surface area (Å²) < 4.78 is 30.7. The number of Topliss-reactive ketones (excluding diaryl/α,β-unsaturated/α-hetero) is 1. The number of hydrazine groups is 1. The molecule has 2 aromatic carbocycles. The van der Waals surface area contributed by atoms with Crippen LogP contribution in [0.25, 0.3) is 0 Å². The second-order valence-electron chi connectivity index (χ2n) is 8.16. The fraction of sp³-hybridized carbons (Fsp3) is 0.435. The Morgan fingerprint density at radius 1 is 1.03 bits per heavy atom. The number of ketones is 1. The van der Waals surface area contributed by atoms with Crippen molar-refractivity contribution < 1.29 is 17.9 Å². The summed E-state index contributed by atoms with van der Waals surface area (Å²) in [5.74, 6) is 1.71. The van der Waals surface area contributed by atoms with Crippen molar-refractivity contribution in [2.45, 2.75) is 37.0 Å². The van der Waals surface area contributed by atoms with E-state index in [1.54, 1.807) is 35.3 Å². The van der Waals surface area contributed by atoms with Gasteiger partial charge in [-0.3, -0.25) is 4.79 Å². The quantitative estimate of drug-likeness (QED) is 0.462. The molecule has 1 heterocycles. The Hall–Kier alpha value is -2.22. The molecule has 1 saturated carbocycles. The first-order chi connectivity index (χ1) is 14.5. The predicted octanol–water partition coefficient (Wildman–Crippen LogP) is 3.65. The van der Waals surface area contributed by atoms with E-state index in [1.807, 2.05) is 24.3 Å². The van der Waals surface area contributed by atoms with Gasteiger partial charge in [0.05, 0.1) is 11.5 Å². The number of ether oxygens (including phenoxy) is 1. The Morgan fingerprint density at radius 2 is 1.77 bits per heavy atom. The molecule has 0 spiro atoms. The molecule has 1 aliphatic heterocycles. The number of nitrogens with zero attached hydrogens (tertiary/aromatic N) is 1. The van der Waals surface area contributed by atoms with Crippen molar-refractivity contribution in [3.05, 3.63) is 60.2 Å². The maximum atomic E-state index is 12.4. The molecule has 2 aromatic rings. The van der Waals surface area contributed by atoms with E-state index in [0.29, 0.717) is 25.6 Å². The Bertz CT molecular complexity index is 956. The van der Waals surface area contributed by atoms with Gasteiger partial charge >= 0.3 is 0 Å². The fourth-order valence-corrected chi connectivity index (χ4v) is 4.96. The van der Waals surface area contributed by atoms with Crippen LogP contribution < -0.4 is 9.57 Å². The van der Waals surface area contributed by atoms with Crippen LogP contribution >= 0.6 is 0 Å². The van der Waals surface area contributed by atoms with Crippen LogP contribution in [0.15, 0.2) is 59.5 Å². The minimum atomic E-state index is -3.51. The SMILES string of the molecule is O=C(c1ccc(OCCC[C@@H]2CCN(NS(=O)(=O)c3ccccc3)C2)cc1)C1CC1. The van der Waals surface area contributed by atoms with E-state index in [4.69, 9.17) is 4.74 Å². The van der Waals surface area contributed by atoms with Crippen LogP contribution in [0.4, 0.5) is 0 Å². The standard InChI is InChI=1S/C23H28N2O4S/c26-23(19-8-9-19)20-10-12-21(13-11-20)29-16-4-5-18-14-15-25(17-18)24-30(27,28)22-6-2-1-3-7-22/h1-3,6-7,10-13,18-19,24H,4-5,8-9,14-17H2/t18-/m1/s1. The molecule has 160 valence electrons. The number of benzene rings is 2. The molecule has 0 amide bonds. The third-order valence-electron chi connectivity index (χ3n) is 5.70. The number of nitrogens with one attached hydrogen (secondary N) is 1. The molecule has 1 saturated heterocycles. The van der Waals surface area contributed by atoms with Gasteiger partial charge < -0.3 is 4.74 Å². The van der Waals surface area contributed by atoms with Gasteiger partial charge in [0.25, 0.3) is 10.0 Å². The number of hydrogen-bond donors (Lipinski definition) is 1. The largest absolute Gasteiger partial charge is 0.494 e. The normalized spacial score (nSPS) is 19.7. The molecule has 1 N–H and O–H groups in total. The molecule has 0 radical (unpaired) electrons. The molecule has 0 unspecified atom stereocenters. The minimum absolute atomic E-state index is 0.236. The van der Waals surface area contributed by atoms with E-state index >= 15 is 0 Å². The van der Waals surface area contributed by atoms with E-state index in [-0.39, 0.29) is 16.6 Å². The maximum Gasteiger partial charge on any atom is 0.253 e. The number of hydrogen-bond acceptors (Lipinski definition) is 5. The molecular formula is C23H28N2O4S. The van der Waals surface area contributed by atoms with Gasteiger partial charge in [0.1, 0.15) is 5.75 Å². The van der Waals surface area contributed by atoms with Crippen molar-refractivity contribution in [1.82, 2.24) is 9.84 Å². The summed E-state index contributed by atoms with van der Waals surface area (Å²) in [6, 6.07) is 15.9. The van der Waals surface area contributed by atoms with E-state index in [0.717, 1.165) is 43.4 Å². The van der Waals surface area contributed by atoms with Gasteiger partial charge in [-0.25, -0.2) is 13.4 Å². The summed E-state index contributed by atoms with van der Waals surface area (Å²) in [6.07, 6.45) is 4.90. The molecule has 30 heavy (non-hydrogen) atoms. The smallest absolute Gasteiger partial charge is 0.253 e. The van der Waals surface area contributed by atoms with Crippen LogP contribution in [-0.4, -0.2) is 38.9 Å². The predicted molar refractivity (Wildman–Crippen MR) is 115 cm³/mol. The Labute approximate surface area is 178 Å². The average molecular weight is 429 g/mol. The van der Waals surface area contributed by atoms with Crippen LogP contribution in [0.1, 0.15) is 42.5 Å². The molecule has 2 aliphatic rings. The number of carbonyl (C=O) groups is 1. The van der Waals surface area contributed by atoms with Gasteiger partial charge in [0.2, 0.25) is 0 Å². The summed E-state index contributed by atoms with van der Waals surface area (Å²) in [6.45, 7) is 2.04. The summed E-state index contributed by atoms with van der Waals surface area (Å²) in [4.78, 5) is 15.0. The minimum Gasteiger partial charge on any atom is -0.494 e. The molecule has 0 aromatic heterocycles. The van der Waals surface area contributed by atoms with E-state index in [2.05, 4.69) is 4.83 Å². The van der Waals surface area contributed by atoms with Gasteiger partial charge in [0, 0.05) is 24.6 Å². The van der Waals surface area contributed by atoms with Crippen LogP contribution in [0.3, 0.4) is 0 Å². The second kappa shape index (κ2) is 9.29. The highest BCUT2D eigenvalue weighted by Crippen LogP contribution is 2.33. The zero-order valence-electron chi connectivity index (χ0n) is 17.0. The van der Waals surface area contributed by atoms with Crippen molar-refractivity contribution in [3.8, 4) is 5.75 Å². The van der Waals surface area contributed by atoms with Crippen molar-refractivity contribution in [2.24, 2.45) is 11.8 Å². The lowest BCUT2D eigenvalue weighted by Gasteiger charge is -2.17. The van der Waals surface area contributed by atoms with Crippen LogP contribution in [-0.2, 0) is 10.0 Å². The van der Waals surface area contributed by atoms with Gasteiger partial charge in [0.15, 0.2) is 5.78 Å². The van der Waals surface area contributed by atoms with Gasteiger partial charge in [-0.1, -0.05) is 18.2 Å². The second-order valence-corrected chi connectivity index (χ2v) is 9.82. The first-order valence-corrected chi connectivity index (χ1v) is 12.1. The van der Waals surface area contributed by atoms with Crippen LogP contribution in [0.5, 0.6) is 5.75 Å². The van der Waals surface area contributed by atoms with Crippen molar-refractivity contribution in [2.75, 3.05) is 19.7 Å². The van der Waals surface area contributed by atoms with Crippen molar-refractivity contribution in [1.29, 1.82) is 0 Å². The van der Waals surface area contributed by atoms with Crippen molar-refractivity contribution in [3.63, 3.8) is 0 Å². The molecule has 6 nitrogen and oxygen atoms in total. The monoisotopic (exact) mass is 428 g/mol. The van der Waals surface area contributed by atoms with E-state index < -0.39 is 10.0 Å². The summed E-state index contributed by atoms with van der Waals surface area (Å²) >= 11 is 0. The first-order valence-electron chi connectivity index (χ1n) is 10.6. The fourth-order valence-electron chi connectivity index (χ4n) is 3.83. The Balaban J connectivity index is 1.16. The van der Waals surface area contributed by atoms with Gasteiger partial charge in [-0.2, -0.15) is 0 Å². The molecule has 1 aliphatic carbocycles.